The number of aromatic nitrogens is 3. The standard InChI is InChI=1S/C12H10N4O3/c17-6-10-15-14-9-5-7(3-4-16(9)10)8-1-2-11(18)13-12(8)19/h3-6,8H,1-2H2,(H,13,18,19). The fourth-order valence-electron chi connectivity index (χ4n) is 2.23. The van der Waals surface area contributed by atoms with Crippen molar-refractivity contribution in [1.82, 2.24) is 19.9 Å². The molecule has 0 aromatic carbocycles. The molecule has 0 spiro atoms. The van der Waals surface area contributed by atoms with Crippen molar-refractivity contribution in [2.45, 2.75) is 18.8 Å². The van der Waals surface area contributed by atoms with E-state index in [0.717, 1.165) is 5.56 Å². The average molecular weight is 258 g/mol. The number of hydrogen-bond acceptors (Lipinski definition) is 5. The van der Waals surface area contributed by atoms with Crippen LogP contribution in [-0.2, 0) is 9.59 Å². The fourth-order valence-corrected chi connectivity index (χ4v) is 2.23. The van der Waals surface area contributed by atoms with Crippen LogP contribution < -0.4 is 5.32 Å². The molecule has 1 aliphatic rings. The second kappa shape index (κ2) is 4.27. The highest BCUT2D eigenvalue weighted by Crippen LogP contribution is 2.25. The lowest BCUT2D eigenvalue weighted by molar-refractivity contribution is -0.134. The summed E-state index contributed by atoms with van der Waals surface area (Å²) in [5, 5.41) is 9.90. The number of imide groups is 1. The molecule has 1 aliphatic heterocycles. The predicted molar refractivity (Wildman–Crippen MR) is 63.5 cm³/mol. The number of carbonyl (C=O) groups is 3. The van der Waals surface area contributed by atoms with Crippen LogP contribution >= 0.6 is 0 Å². The maximum Gasteiger partial charge on any atom is 0.234 e. The van der Waals surface area contributed by atoms with Gasteiger partial charge in [0, 0.05) is 12.6 Å². The average Bonchev–Trinajstić information content (AvgIpc) is 2.80. The molecule has 1 saturated heterocycles. The van der Waals surface area contributed by atoms with Crippen LogP contribution in [0.3, 0.4) is 0 Å². The molecule has 0 aliphatic carbocycles. The van der Waals surface area contributed by atoms with E-state index in [0.29, 0.717) is 24.8 Å². The largest absolute Gasteiger partial charge is 0.296 e. The lowest BCUT2D eigenvalue weighted by Gasteiger charge is -2.20. The highest BCUT2D eigenvalue weighted by atomic mass is 16.2. The lowest BCUT2D eigenvalue weighted by Crippen LogP contribution is -2.39. The number of aldehydes is 1. The molecule has 2 aromatic heterocycles. The molecule has 1 unspecified atom stereocenters. The molecule has 0 radical (unpaired) electrons. The van der Waals surface area contributed by atoms with E-state index in [4.69, 9.17) is 0 Å². The molecule has 1 N–H and O–H groups in total. The Morgan fingerprint density at radius 1 is 1.37 bits per heavy atom. The van der Waals surface area contributed by atoms with E-state index in [1.54, 1.807) is 22.7 Å². The highest BCUT2D eigenvalue weighted by molar-refractivity contribution is 6.01. The van der Waals surface area contributed by atoms with Crippen molar-refractivity contribution in [2.75, 3.05) is 0 Å². The first-order valence-corrected chi connectivity index (χ1v) is 5.82. The molecule has 2 aromatic rings. The molecular weight excluding hydrogens is 248 g/mol. The van der Waals surface area contributed by atoms with Crippen LogP contribution in [0.1, 0.15) is 34.9 Å². The molecular formula is C12H10N4O3. The molecule has 2 amide bonds. The third-order valence-corrected chi connectivity index (χ3v) is 3.21. The van der Waals surface area contributed by atoms with Crippen molar-refractivity contribution in [3.05, 3.63) is 29.7 Å². The second-order valence-corrected chi connectivity index (χ2v) is 4.37. The molecule has 1 atom stereocenters. The van der Waals surface area contributed by atoms with Crippen LogP contribution in [0.5, 0.6) is 0 Å². The molecule has 3 rings (SSSR count). The predicted octanol–water partition coefficient (Wildman–Crippen LogP) is 0.0620. The lowest BCUT2D eigenvalue weighted by atomic mass is 9.91. The van der Waals surface area contributed by atoms with Gasteiger partial charge in [-0.3, -0.25) is 24.1 Å². The van der Waals surface area contributed by atoms with Gasteiger partial charge in [0.25, 0.3) is 0 Å². The summed E-state index contributed by atoms with van der Waals surface area (Å²) in [4.78, 5) is 33.6. The van der Waals surface area contributed by atoms with Crippen LogP contribution in [0.2, 0.25) is 0 Å². The molecule has 0 saturated carbocycles. The van der Waals surface area contributed by atoms with Gasteiger partial charge in [0.2, 0.25) is 17.6 Å². The van der Waals surface area contributed by atoms with Crippen LogP contribution in [-0.4, -0.2) is 32.7 Å². The number of carbonyl (C=O) groups excluding carboxylic acids is 3. The molecule has 7 nitrogen and oxygen atoms in total. The zero-order valence-electron chi connectivity index (χ0n) is 9.87. The molecule has 1 fully saturated rings. The van der Waals surface area contributed by atoms with Crippen LogP contribution in [0.25, 0.3) is 5.65 Å². The number of nitrogens with one attached hydrogen (secondary N) is 1. The number of pyridine rings is 1. The normalized spacial score (nSPS) is 19.5. The minimum absolute atomic E-state index is 0.213. The topological polar surface area (TPSA) is 93.4 Å². The van der Waals surface area contributed by atoms with Crippen molar-refractivity contribution in [1.29, 1.82) is 0 Å². The quantitative estimate of drug-likeness (QED) is 0.607. The molecule has 19 heavy (non-hydrogen) atoms. The summed E-state index contributed by atoms with van der Waals surface area (Å²) in [7, 11) is 0. The highest BCUT2D eigenvalue weighted by Gasteiger charge is 2.28. The third kappa shape index (κ3) is 1.88. The Morgan fingerprint density at radius 3 is 2.95 bits per heavy atom. The van der Waals surface area contributed by atoms with Crippen molar-refractivity contribution >= 4 is 23.7 Å². The monoisotopic (exact) mass is 258 g/mol. The first-order valence-electron chi connectivity index (χ1n) is 5.82. The Bertz CT molecular complexity index is 691. The van der Waals surface area contributed by atoms with Gasteiger partial charge in [-0.25, -0.2) is 0 Å². The summed E-state index contributed by atoms with van der Waals surface area (Å²) in [6.07, 6.45) is 3.08. The number of amides is 2. The maximum absolute atomic E-state index is 11.8. The maximum atomic E-state index is 11.8. The van der Waals surface area contributed by atoms with Gasteiger partial charge in [0.15, 0.2) is 11.9 Å². The van der Waals surface area contributed by atoms with Gasteiger partial charge >= 0.3 is 0 Å². The van der Waals surface area contributed by atoms with Crippen LogP contribution in [0.15, 0.2) is 18.3 Å². The van der Waals surface area contributed by atoms with Gasteiger partial charge in [0.05, 0.1) is 5.92 Å². The van der Waals surface area contributed by atoms with Crippen molar-refractivity contribution < 1.29 is 14.4 Å². The van der Waals surface area contributed by atoms with E-state index >= 15 is 0 Å². The number of fused-ring (bicyclic) bond motifs is 1. The van der Waals surface area contributed by atoms with Gasteiger partial charge in [0.1, 0.15) is 0 Å². The van der Waals surface area contributed by atoms with Gasteiger partial charge < -0.3 is 0 Å². The fraction of sp³-hybridized carbons (Fsp3) is 0.250. The van der Waals surface area contributed by atoms with E-state index in [1.807, 2.05) is 0 Å². The van der Waals surface area contributed by atoms with E-state index in [2.05, 4.69) is 15.5 Å². The summed E-state index contributed by atoms with van der Waals surface area (Å²) in [6, 6.07) is 3.45. The molecule has 7 heteroatoms. The Kier molecular flexibility index (Phi) is 2.59. The summed E-state index contributed by atoms with van der Waals surface area (Å²) in [5.41, 5.74) is 1.27. The van der Waals surface area contributed by atoms with Gasteiger partial charge in [-0.15, -0.1) is 10.2 Å². The minimum Gasteiger partial charge on any atom is -0.296 e. The van der Waals surface area contributed by atoms with Gasteiger partial charge in [-0.2, -0.15) is 0 Å². The van der Waals surface area contributed by atoms with E-state index < -0.39 is 0 Å². The Balaban J connectivity index is 1.99. The van der Waals surface area contributed by atoms with Crippen LogP contribution in [0, 0.1) is 0 Å². The van der Waals surface area contributed by atoms with Crippen molar-refractivity contribution in [2.24, 2.45) is 0 Å². The van der Waals surface area contributed by atoms with E-state index in [1.165, 1.54) is 0 Å². The molecule has 0 bridgehead atoms. The van der Waals surface area contributed by atoms with Gasteiger partial charge in [-0.1, -0.05) is 0 Å². The SMILES string of the molecule is O=Cc1nnc2cc(C3CCC(=O)NC3=O)ccn12. The zero-order valence-corrected chi connectivity index (χ0v) is 9.87. The first kappa shape index (κ1) is 11.5. The summed E-state index contributed by atoms with van der Waals surface area (Å²) < 4.78 is 1.54. The Hall–Kier alpha value is -2.57. The summed E-state index contributed by atoms with van der Waals surface area (Å²) >= 11 is 0. The number of hydrogen-bond donors (Lipinski definition) is 1. The Morgan fingerprint density at radius 2 is 2.21 bits per heavy atom. The first-order chi connectivity index (χ1) is 9.19. The molecule has 96 valence electrons. The Labute approximate surface area is 107 Å². The summed E-state index contributed by atoms with van der Waals surface area (Å²) in [5.74, 6) is -0.687. The van der Waals surface area contributed by atoms with Crippen LogP contribution in [0.4, 0.5) is 0 Å². The van der Waals surface area contributed by atoms with E-state index in [-0.39, 0.29) is 23.6 Å². The number of piperidine rings is 1. The zero-order chi connectivity index (χ0) is 13.4. The second-order valence-electron chi connectivity index (χ2n) is 4.37. The summed E-state index contributed by atoms with van der Waals surface area (Å²) in [6.45, 7) is 0. The van der Waals surface area contributed by atoms with Crippen molar-refractivity contribution in [3.63, 3.8) is 0 Å². The van der Waals surface area contributed by atoms with E-state index in [9.17, 15) is 14.4 Å². The molecule has 3 heterocycles. The third-order valence-electron chi connectivity index (χ3n) is 3.21. The number of rotatable bonds is 2. The van der Waals surface area contributed by atoms with Crippen molar-refractivity contribution in [3.8, 4) is 0 Å². The van der Waals surface area contributed by atoms with Gasteiger partial charge in [-0.05, 0) is 24.1 Å². The number of nitrogens with zero attached hydrogens (tertiary/aromatic N) is 3. The minimum atomic E-state index is -0.362. The smallest absolute Gasteiger partial charge is 0.234 e.